The fourth-order valence-electron chi connectivity index (χ4n) is 3.49. The first-order valence-corrected chi connectivity index (χ1v) is 11.6. The molecular weight excluding hydrogens is 472 g/mol. The van der Waals surface area contributed by atoms with Gasteiger partial charge in [0.25, 0.3) is 15.9 Å². The molecule has 2 aromatic carbocycles. The van der Waals surface area contributed by atoms with Gasteiger partial charge < -0.3 is 21.1 Å². The standard InChI is InChI=1S/C23H20N6O5S/c1-14-20(21(30)29(26-14)18-5-2-4-15(12-18)22(31)32)13-17-6-3-11-28(17)16-7-9-19(10-8-16)35(33,34)27-23(24)25/h2-13H,1H3,(H,31,32)(H4,24,25,27)/b20-13-. The Hall–Kier alpha value is -4.71. The number of amides is 1. The molecular formula is C23H20N6O5S. The molecule has 4 rings (SSSR count). The first-order valence-electron chi connectivity index (χ1n) is 10.2. The lowest BCUT2D eigenvalue weighted by Gasteiger charge is -2.12. The van der Waals surface area contributed by atoms with Crippen molar-refractivity contribution >= 4 is 45.3 Å². The Bertz CT molecular complexity index is 1530. The molecule has 1 aromatic heterocycles. The lowest BCUT2D eigenvalue weighted by Crippen LogP contribution is -2.24. The van der Waals surface area contributed by atoms with Gasteiger partial charge in [0.2, 0.25) is 5.96 Å². The molecule has 35 heavy (non-hydrogen) atoms. The third-order valence-electron chi connectivity index (χ3n) is 5.11. The summed E-state index contributed by atoms with van der Waals surface area (Å²) in [6.45, 7) is 1.68. The van der Waals surface area contributed by atoms with Gasteiger partial charge in [-0.3, -0.25) is 4.79 Å². The van der Waals surface area contributed by atoms with Crippen LogP contribution in [0.2, 0.25) is 0 Å². The zero-order valence-electron chi connectivity index (χ0n) is 18.4. The van der Waals surface area contributed by atoms with E-state index >= 15 is 0 Å². The molecule has 1 aliphatic heterocycles. The summed E-state index contributed by atoms with van der Waals surface area (Å²) in [5.74, 6) is -2.07. The molecule has 0 atom stereocenters. The van der Waals surface area contributed by atoms with E-state index in [4.69, 9.17) is 11.5 Å². The summed E-state index contributed by atoms with van der Waals surface area (Å²) in [5.41, 5.74) is 12.8. The fraction of sp³-hybridized carbons (Fsp3) is 0.0435. The molecule has 1 amide bonds. The summed E-state index contributed by atoms with van der Waals surface area (Å²) in [4.78, 5) is 24.3. The van der Waals surface area contributed by atoms with Crippen LogP contribution in [-0.4, -0.2) is 41.6 Å². The molecule has 0 radical (unpaired) electrons. The molecule has 12 heteroatoms. The van der Waals surface area contributed by atoms with Crippen LogP contribution in [0.25, 0.3) is 11.8 Å². The number of hydrogen-bond donors (Lipinski definition) is 3. The van der Waals surface area contributed by atoms with Crippen LogP contribution in [0.1, 0.15) is 23.0 Å². The molecule has 178 valence electrons. The first-order chi connectivity index (χ1) is 16.6. The van der Waals surface area contributed by atoms with Crippen LogP contribution in [0.15, 0.2) is 86.8 Å². The maximum absolute atomic E-state index is 13.1. The van der Waals surface area contributed by atoms with E-state index in [0.717, 1.165) is 5.01 Å². The highest BCUT2D eigenvalue weighted by Crippen LogP contribution is 2.27. The van der Waals surface area contributed by atoms with Crippen molar-refractivity contribution < 1.29 is 23.1 Å². The van der Waals surface area contributed by atoms with Gasteiger partial charge in [0.05, 0.1) is 27.4 Å². The van der Waals surface area contributed by atoms with Crippen molar-refractivity contribution in [3.8, 4) is 5.69 Å². The summed E-state index contributed by atoms with van der Waals surface area (Å²) in [7, 11) is -4.02. The Morgan fingerprint density at radius 3 is 2.43 bits per heavy atom. The van der Waals surface area contributed by atoms with Crippen molar-refractivity contribution in [2.75, 3.05) is 5.01 Å². The minimum Gasteiger partial charge on any atom is -0.478 e. The molecule has 1 aliphatic rings. The molecule has 5 N–H and O–H groups in total. The molecule has 0 saturated carbocycles. The molecule has 0 spiro atoms. The van der Waals surface area contributed by atoms with E-state index in [-0.39, 0.29) is 10.5 Å². The summed E-state index contributed by atoms with van der Waals surface area (Å²) >= 11 is 0. The number of carbonyl (C=O) groups excluding carboxylic acids is 1. The highest BCUT2D eigenvalue weighted by Gasteiger charge is 2.29. The van der Waals surface area contributed by atoms with Gasteiger partial charge >= 0.3 is 5.97 Å². The van der Waals surface area contributed by atoms with Gasteiger partial charge in [-0.2, -0.15) is 18.5 Å². The molecule has 0 aliphatic carbocycles. The molecule has 2 heterocycles. The van der Waals surface area contributed by atoms with Crippen LogP contribution in [0.3, 0.4) is 0 Å². The van der Waals surface area contributed by atoms with Crippen molar-refractivity contribution in [3.05, 3.63) is 83.7 Å². The van der Waals surface area contributed by atoms with Gasteiger partial charge in [-0.05, 0) is 67.6 Å². The Balaban J connectivity index is 1.65. The van der Waals surface area contributed by atoms with E-state index in [2.05, 4.69) is 9.50 Å². The maximum Gasteiger partial charge on any atom is 0.335 e. The van der Waals surface area contributed by atoms with Crippen molar-refractivity contribution in [1.82, 2.24) is 4.57 Å². The molecule has 0 fully saturated rings. The van der Waals surface area contributed by atoms with Gasteiger partial charge in [0, 0.05) is 17.6 Å². The zero-order valence-corrected chi connectivity index (χ0v) is 19.2. The topological polar surface area (TPSA) is 173 Å². The van der Waals surface area contributed by atoms with E-state index in [1.165, 1.54) is 24.3 Å². The molecule has 0 bridgehead atoms. The minimum atomic E-state index is -4.02. The lowest BCUT2D eigenvalue weighted by atomic mass is 10.1. The average molecular weight is 493 g/mol. The highest BCUT2D eigenvalue weighted by atomic mass is 32.2. The SMILES string of the molecule is CC1=NN(c2cccc(C(=O)O)c2)C(=O)/C1=C\c1cccn1-c1ccc(S(=O)(=O)N=C(N)N)cc1. The summed E-state index contributed by atoms with van der Waals surface area (Å²) < 4.78 is 29.4. The summed E-state index contributed by atoms with van der Waals surface area (Å²) in [6, 6.07) is 15.4. The Labute approximate surface area is 200 Å². The predicted molar refractivity (Wildman–Crippen MR) is 131 cm³/mol. The number of sulfonamides is 1. The number of hydrogen-bond acceptors (Lipinski definition) is 5. The van der Waals surface area contributed by atoms with Crippen molar-refractivity contribution in [3.63, 3.8) is 0 Å². The lowest BCUT2D eigenvalue weighted by molar-refractivity contribution is -0.114. The highest BCUT2D eigenvalue weighted by molar-refractivity contribution is 7.90. The van der Waals surface area contributed by atoms with E-state index in [1.807, 2.05) is 0 Å². The Morgan fingerprint density at radius 2 is 1.77 bits per heavy atom. The normalized spacial score (nSPS) is 14.8. The smallest absolute Gasteiger partial charge is 0.335 e. The van der Waals surface area contributed by atoms with Crippen molar-refractivity contribution in [2.45, 2.75) is 11.8 Å². The molecule has 3 aromatic rings. The number of carbonyl (C=O) groups is 2. The summed E-state index contributed by atoms with van der Waals surface area (Å²) in [5, 5.41) is 14.7. The van der Waals surface area contributed by atoms with Crippen LogP contribution in [0, 0.1) is 0 Å². The van der Waals surface area contributed by atoms with Crippen molar-refractivity contribution in [2.24, 2.45) is 21.0 Å². The monoisotopic (exact) mass is 492 g/mol. The average Bonchev–Trinajstić information content (AvgIpc) is 3.38. The maximum atomic E-state index is 13.1. The van der Waals surface area contributed by atoms with Crippen LogP contribution in [0.5, 0.6) is 0 Å². The van der Waals surface area contributed by atoms with Gasteiger partial charge in [-0.1, -0.05) is 6.07 Å². The second-order valence-electron chi connectivity index (χ2n) is 7.50. The van der Waals surface area contributed by atoms with E-state index < -0.39 is 27.9 Å². The van der Waals surface area contributed by atoms with Crippen LogP contribution in [-0.2, 0) is 14.8 Å². The number of nitrogens with zero attached hydrogens (tertiary/aromatic N) is 4. The zero-order chi connectivity index (χ0) is 25.3. The molecule has 0 saturated heterocycles. The number of carboxylic acid groups (broad SMARTS) is 1. The first kappa shape index (κ1) is 23.4. The van der Waals surface area contributed by atoms with E-state index in [0.29, 0.717) is 28.4 Å². The number of carboxylic acids is 1. The Kier molecular flexibility index (Phi) is 5.97. The second kappa shape index (κ2) is 8.91. The number of hydrazone groups is 1. The van der Waals surface area contributed by atoms with Crippen molar-refractivity contribution in [1.29, 1.82) is 0 Å². The number of aromatic nitrogens is 1. The molecule has 0 unspecified atom stereocenters. The van der Waals surface area contributed by atoms with Gasteiger partial charge in [-0.15, -0.1) is 4.40 Å². The second-order valence-corrected chi connectivity index (χ2v) is 9.11. The quantitative estimate of drug-likeness (QED) is 0.268. The van der Waals surface area contributed by atoms with Crippen LogP contribution in [0.4, 0.5) is 5.69 Å². The number of anilines is 1. The Morgan fingerprint density at radius 1 is 1.06 bits per heavy atom. The number of aromatic carboxylic acids is 1. The number of benzene rings is 2. The largest absolute Gasteiger partial charge is 0.478 e. The van der Waals surface area contributed by atoms with E-state index in [9.17, 15) is 23.1 Å². The minimum absolute atomic E-state index is 0.0414. The van der Waals surface area contributed by atoms with Crippen LogP contribution >= 0.6 is 0 Å². The number of guanidine groups is 1. The third kappa shape index (κ3) is 4.68. The van der Waals surface area contributed by atoms with Gasteiger partial charge in [-0.25, -0.2) is 4.79 Å². The van der Waals surface area contributed by atoms with Gasteiger partial charge in [0.15, 0.2) is 0 Å². The fourth-order valence-corrected chi connectivity index (χ4v) is 4.36. The third-order valence-corrected chi connectivity index (χ3v) is 6.43. The predicted octanol–water partition coefficient (Wildman–Crippen LogP) is 1.94. The number of rotatable bonds is 6. The molecule has 11 nitrogen and oxygen atoms in total. The van der Waals surface area contributed by atoms with E-state index in [1.54, 1.807) is 60.2 Å². The van der Waals surface area contributed by atoms with Crippen LogP contribution < -0.4 is 16.5 Å². The summed E-state index contributed by atoms with van der Waals surface area (Å²) in [6.07, 6.45) is 3.41. The van der Waals surface area contributed by atoms with Gasteiger partial charge in [0.1, 0.15) is 0 Å². The number of nitrogens with two attached hydrogens (primary N) is 2.